The highest BCUT2D eigenvalue weighted by Gasteiger charge is 2.23. The summed E-state index contributed by atoms with van der Waals surface area (Å²) in [7, 11) is 0. The van der Waals surface area contributed by atoms with E-state index in [0.717, 1.165) is 31.6 Å². The number of hydrogen-bond acceptors (Lipinski definition) is 2. The Kier molecular flexibility index (Phi) is 3.06. The van der Waals surface area contributed by atoms with Crippen molar-refractivity contribution in [1.29, 1.82) is 5.26 Å². The number of nitrogens with zero attached hydrogens (tertiary/aromatic N) is 2. The van der Waals surface area contributed by atoms with Gasteiger partial charge >= 0.3 is 0 Å². The van der Waals surface area contributed by atoms with Crippen molar-refractivity contribution in [3.05, 3.63) is 29.6 Å². The molecule has 0 radical (unpaired) electrons. The standard InChI is InChI=1S/C14H17FN2/c1-14(2,10-16)6-8-17-7-5-11-3-4-12(15)9-13(11)17/h3-4,9H,5-8H2,1-2H3. The van der Waals surface area contributed by atoms with E-state index >= 15 is 0 Å². The summed E-state index contributed by atoms with van der Waals surface area (Å²) in [4.78, 5) is 2.18. The molecule has 1 aliphatic rings. The van der Waals surface area contributed by atoms with E-state index < -0.39 is 0 Å². The summed E-state index contributed by atoms with van der Waals surface area (Å²) in [5, 5.41) is 8.98. The van der Waals surface area contributed by atoms with E-state index in [4.69, 9.17) is 5.26 Å². The van der Waals surface area contributed by atoms with Gasteiger partial charge in [0.1, 0.15) is 5.82 Å². The second kappa shape index (κ2) is 4.37. The summed E-state index contributed by atoms with van der Waals surface area (Å²) in [6, 6.07) is 7.28. The number of halogens is 1. The van der Waals surface area contributed by atoms with E-state index in [2.05, 4.69) is 11.0 Å². The fourth-order valence-corrected chi connectivity index (χ4v) is 2.12. The molecule has 0 aromatic heterocycles. The summed E-state index contributed by atoms with van der Waals surface area (Å²) in [5.41, 5.74) is 1.90. The van der Waals surface area contributed by atoms with Gasteiger partial charge in [0.05, 0.1) is 11.5 Å². The van der Waals surface area contributed by atoms with Gasteiger partial charge in [0.2, 0.25) is 0 Å². The van der Waals surface area contributed by atoms with Crippen LogP contribution in [0.3, 0.4) is 0 Å². The van der Waals surface area contributed by atoms with Crippen LogP contribution in [0.5, 0.6) is 0 Å². The fourth-order valence-electron chi connectivity index (χ4n) is 2.12. The van der Waals surface area contributed by atoms with Crippen LogP contribution in [-0.4, -0.2) is 13.1 Å². The first-order chi connectivity index (χ1) is 8.02. The average molecular weight is 232 g/mol. The molecule has 1 aromatic rings. The van der Waals surface area contributed by atoms with E-state index in [1.165, 1.54) is 11.6 Å². The van der Waals surface area contributed by atoms with Gasteiger partial charge in [0.25, 0.3) is 0 Å². The predicted octanol–water partition coefficient (Wildman–Crippen LogP) is 3.13. The first-order valence-corrected chi connectivity index (χ1v) is 5.96. The smallest absolute Gasteiger partial charge is 0.125 e. The highest BCUT2D eigenvalue weighted by Crippen LogP contribution is 2.30. The van der Waals surface area contributed by atoms with Crippen molar-refractivity contribution in [2.45, 2.75) is 26.7 Å². The highest BCUT2D eigenvalue weighted by molar-refractivity contribution is 5.58. The Hall–Kier alpha value is -1.56. The number of hydrogen-bond donors (Lipinski definition) is 0. The van der Waals surface area contributed by atoms with Gasteiger partial charge in [0, 0.05) is 18.8 Å². The van der Waals surface area contributed by atoms with Crippen molar-refractivity contribution >= 4 is 5.69 Å². The Morgan fingerprint density at radius 3 is 2.94 bits per heavy atom. The number of benzene rings is 1. The molecule has 0 spiro atoms. The second-order valence-corrected chi connectivity index (χ2v) is 5.26. The van der Waals surface area contributed by atoms with Crippen molar-refractivity contribution in [2.24, 2.45) is 5.41 Å². The molecule has 2 rings (SSSR count). The molecule has 0 fully saturated rings. The molecular weight excluding hydrogens is 215 g/mol. The zero-order valence-electron chi connectivity index (χ0n) is 10.3. The monoisotopic (exact) mass is 232 g/mol. The van der Waals surface area contributed by atoms with Gasteiger partial charge in [-0.3, -0.25) is 0 Å². The summed E-state index contributed by atoms with van der Waals surface area (Å²) < 4.78 is 13.2. The minimum atomic E-state index is -0.309. The topological polar surface area (TPSA) is 27.0 Å². The minimum absolute atomic E-state index is 0.185. The molecule has 0 saturated carbocycles. The van der Waals surface area contributed by atoms with E-state index in [1.807, 2.05) is 19.9 Å². The lowest BCUT2D eigenvalue weighted by molar-refractivity contribution is 0.452. The molecule has 2 nitrogen and oxygen atoms in total. The molecule has 3 heteroatoms. The summed E-state index contributed by atoms with van der Waals surface area (Å²) in [5.74, 6) is -0.185. The van der Waals surface area contributed by atoms with Crippen LogP contribution in [0.4, 0.5) is 10.1 Å². The largest absolute Gasteiger partial charge is 0.371 e. The Balaban J connectivity index is 2.08. The summed E-state index contributed by atoms with van der Waals surface area (Å²) in [6.07, 6.45) is 1.78. The molecule has 1 aromatic carbocycles. The normalized spacial score (nSPS) is 14.6. The molecular formula is C14H17FN2. The third-order valence-corrected chi connectivity index (χ3v) is 3.35. The highest BCUT2D eigenvalue weighted by atomic mass is 19.1. The molecule has 1 heterocycles. The second-order valence-electron chi connectivity index (χ2n) is 5.26. The van der Waals surface area contributed by atoms with Crippen LogP contribution in [0.1, 0.15) is 25.8 Å². The number of rotatable bonds is 3. The first-order valence-electron chi connectivity index (χ1n) is 5.96. The zero-order valence-corrected chi connectivity index (χ0v) is 10.3. The van der Waals surface area contributed by atoms with Crippen LogP contribution < -0.4 is 4.90 Å². The van der Waals surface area contributed by atoms with Gasteiger partial charge in [0.15, 0.2) is 0 Å². The Labute approximate surface area is 102 Å². The maximum Gasteiger partial charge on any atom is 0.125 e. The molecule has 0 bridgehead atoms. The average Bonchev–Trinajstić information content (AvgIpc) is 2.69. The lowest BCUT2D eigenvalue weighted by atomic mass is 9.91. The molecule has 90 valence electrons. The Morgan fingerprint density at radius 2 is 2.24 bits per heavy atom. The minimum Gasteiger partial charge on any atom is -0.371 e. The number of fused-ring (bicyclic) bond motifs is 1. The first kappa shape index (κ1) is 11.9. The van der Waals surface area contributed by atoms with Gasteiger partial charge < -0.3 is 4.90 Å². The molecule has 0 unspecified atom stereocenters. The molecule has 0 N–H and O–H groups in total. The molecule has 0 aliphatic carbocycles. The van der Waals surface area contributed by atoms with Crippen molar-refractivity contribution in [3.63, 3.8) is 0 Å². The maximum atomic E-state index is 13.2. The van der Waals surface area contributed by atoms with Crippen molar-refractivity contribution in [3.8, 4) is 6.07 Å². The van der Waals surface area contributed by atoms with Crippen molar-refractivity contribution < 1.29 is 4.39 Å². The van der Waals surface area contributed by atoms with Crippen LogP contribution in [0.2, 0.25) is 0 Å². The third-order valence-electron chi connectivity index (χ3n) is 3.35. The van der Waals surface area contributed by atoms with E-state index in [-0.39, 0.29) is 11.2 Å². The van der Waals surface area contributed by atoms with Gasteiger partial charge in [-0.15, -0.1) is 0 Å². The SMILES string of the molecule is CC(C)(C#N)CCN1CCc2ccc(F)cc21. The van der Waals surface area contributed by atoms with Crippen molar-refractivity contribution in [1.82, 2.24) is 0 Å². The van der Waals surface area contributed by atoms with Crippen LogP contribution in [-0.2, 0) is 6.42 Å². The number of nitriles is 1. The Bertz CT molecular complexity index is 460. The quantitative estimate of drug-likeness (QED) is 0.800. The van der Waals surface area contributed by atoms with Gasteiger partial charge in [-0.1, -0.05) is 6.07 Å². The fraction of sp³-hybridized carbons (Fsp3) is 0.500. The van der Waals surface area contributed by atoms with Crippen molar-refractivity contribution in [2.75, 3.05) is 18.0 Å². The van der Waals surface area contributed by atoms with E-state index in [0.29, 0.717) is 0 Å². The van der Waals surface area contributed by atoms with E-state index in [9.17, 15) is 4.39 Å². The Morgan fingerprint density at radius 1 is 1.47 bits per heavy atom. The van der Waals surface area contributed by atoms with Gasteiger partial charge in [-0.05, 0) is 44.4 Å². The molecule has 0 amide bonds. The number of anilines is 1. The van der Waals surface area contributed by atoms with Gasteiger partial charge in [-0.2, -0.15) is 5.26 Å². The van der Waals surface area contributed by atoms with Crippen LogP contribution in [0, 0.1) is 22.6 Å². The van der Waals surface area contributed by atoms with Crippen LogP contribution >= 0.6 is 0 Å². The van der Waals surface area contributed by atoms with Crippen LogP contribution in [0.25, 0.3) is 0 Å². The third kappa shape index (κ3) is 2.58. The molecule has 0 atom stereocenters. The molecule has 17 heavy (non-hydrogen) atoms. The lowest BCUT2D eigenvalue weighted by Crippen LogP contribution is -2.26. The lowest BCUT2D eigenvalue weighted by Gasteiger charge is -2.23. The van der Waals surface area contributed by atoms with Gasteiger partial charge in [-0.25, -0.2) is 4.39 Å². The molecule has 0 saturated heterocycles. The maximum absolute atomic E-state index is 13.2. The summed E-state index contributed by atoms with van der Waals surface area (Å²) in [6.45, 7) is 5.63. The molecule has 1 aliphatic heterocycles. The predicted molar refractivity (Wildman–Crippen MR) is 66.3 cm³/mol. The summed E-state index contributed by atoms with van der Waals surface area (Å²) >= 11 is 0. The van der Waals surface area contributed by atoms with Crippen LogP contribution in [0.15, 0.2) is 18.2 Å². The van der Waals surface area contributed by atoms with E-state index in [1.54, 1.807) is 6.07 Å². The zero-order chi connectivity index (χ0) is 12.5.